The lowest BCUT2D eigenvalue weighted by molar-refractivity contribution is -0.166. The van der Waals surface area contributed by atoms with Crippen LogP contribution in [0, 0.1) is 5.92 Å². The topological polar surface area (TPSA) is 95.7 Å². The number of carbonyl (C=O) groups excluding carboxylic acids is 1. The number of ketones is 1. The first-order chi connectivity index (χ1) is 14.1. The number of hydrogen-bond donors (Lipinski definition) is 0. The second kappa shape index (κ2) is 9.09. The van der Waals surface area contributed by atoms with Crippen LogP contribution in [0.1, 0.15) is 77.7 Å². The van der Waals surface area contributed by atoms with Crippen LogP contribution < -0.4 is 0 Å². The maximum atomic E-state index is 12.8. The molecule has 1 aromatic rings. The van der Waals surface area contributed by atoms with Gasteiger partial charge in [-0.15, -0.1) is 0 Å². The van der Waals surface area contributed by atoms with Crippen molar-refractivity contribution in [2.75, 3.05) is 19.0 Å². The van der Waals surface area contributed by atoms with Crippen LogP contribution in [0.5, 0.6) is 0 Å². The van der Waals surface area contributed by atoms with Gasteiger partial charge in [0.05, 0.1) is 24.5 Å². The third-order valence-corrected chi connectivity index (χ3v) is 8.94. The average Bonchev–Trinajstić information content (AvgIpc) is 3.35. The molecule has 1 saturated heterocycles. The van der Waals surface area contributed by atoms with Crippen molar-refractivity contribution in [2.24, 2.45) is 5.92 Å². The fourth-order valence-corrected chi connectivity index (χ4v) is 5.27. The Balaban J connectivity index is 1.59. The summed E-state index contributed by atoms with van der Waals surface area (Å²) in [4.78, 5) is 12.8. The first-order valence-electron chi connectivity index (χ1n) is 11.0. The molecule has 170 valence electrons. The first-order valence-corrected chi connectivity index (χ1v) is 12.7. The first kappa shape index (κ1) is 23.4. The highest BCUT2D eigenvalue weighted by atomic mass is 32.2. The molecule has 1 atom stereocenters. The predicted molar refractivity (Wildman–Crippen MR) is 113 cm³/mol. The van der Waals surface area contributed by atoms with Gasteiger partial charge in [-0.2, -0.15) is 0 Å². The van der Waals surface area contributed by atoms with E-state index in [0.29, 0.717) is 18.8 Å². The molecule has 0 N–H and O–H groups in total. The van der Waals surface area contributed by atoms with E-state index in [2.05, 4.69) is 5.16 Å². The molecule has 1 aromatic heterocycles. The van der Waals surface area contributed by atoms with E-state index in [9.17, 15) is 13.2 Å². The lowest BCUT2D eigenvalue weighted by Gasteiger charge is -2.24. The molecular formula is C22H35NO6S. The van der Waals surface area contributed by atoms with Crippen molar-refractivity contribution in [3.05, 3.63) is 17.5 Å². The molecule has 3 rings (SSSR count). The zero-order valence-electron chi connectivity index (χ0n) is 18.6. The lowest BCUT2D eigenvalue weighted by atomic mass is 10.0. The molecule has 0 aromatic carbocycles. The number of ether oxygens (including phenoxy) is 2. The molecule has 30 heavy (non-hydrogen) atoms. The van der Waals surface area contributed by atoms with Gasteiger partial charge in [-0.3, -0.25) is 4.79 Å². The van der Waals surface area contributed by atoms with Crippen molar-refractivity contribution < 1.29 is 27.2 Å². The van der Waals surface area contributed by atoms with Crippen molar-refractivity contribution in [2.45, 2.75) is 89.1 Å². The number of rotatable bonds is 11. The molecule has 0 radical (unpaired) electrons. The van der Waals surface area contributed by atoms with E-state index in [-0.39, 0.29) is 35.6 Å². The molecule has 0 amide bonds. The van der Waals surface area contributed by atoms with Crippen LogP contribution in [-0.2, 0) is 35.9 Å². The molecule has 7 nitrogen and oxygen atoms in total. The summed E-state index contributed by atoms with van der Waals surface area (Å²) in [5.74, 6) is 0.306. The quantitative estimate of drug-likeness (QED) is 0.518. The molecule has 2 aliphatic rings. The number of carbonyl (C=O) groups is 1. The van der Waals surface area contributed by atoms with Gasteiger partial charge in [0.2, 0.25) is 0 Å². The van der Waals surface area contributed by atoms with Gasteiger partial charge in [0.25, 0.3) is 0 Å². The van der Waals surface area contributed by atoms with Gasteiger partial charge >= 0.3 is 0 Å². The molecule has 0 spiro atoms. The minimum atomic E-state index is -3.55. The largest absolute Gasteiger partial charge is 0.361 e. The van der Waals surface area contributed by atoms with Crippen LogP contribution in [0.3, 0.4) is 0 Å². The number of Topliss-reactive ketones (excluding diaryl/α,β-unsaturated/α-hetero) is 1. The monoisotopic (exact) mass is 441 g/mol. The third kappa shape index (κ3) is 5.32. The maximum Gasteiger partial charge on any atom is 0.162 e. The number of aromatic nitrogens is 1. The summed E-state index contributed by atoms with van der Waals surface area (Å²) in [6.45, 7) is 8.18. The van der Waals surface area contributed by atoms with Gasteiger partial charge in [-0.05, 0) is 58.3 Å². The van der Waals surface area contributed by atoms with Crippen LogP contribution in [0.2, 0.25) is 0 Å². The van der Waals surface area contributed by atoms with E-state index in [4.69, 9.17) is 14.0 Å². The van der Waals surface area contributed by atoms with Crippen molar-refractivity contribution in [3.8, 4) is 0 Å². The van der Waals surface area contributed by atoms with E-state index >= 15 is 0 Å². The summed E-state index contributed by atoms with van der Waals surface area (Å²) < 4.78 is 40.9. The standard InChI is InChI=1S/C22H35NO6S/c1-16(2)8-12-30(25,26)21(3,4)19(24)14-17-13-18(23-29-17)22(9-10-22)15-28-20-7-5-6-11-27-20/h13,16,20H,5-12,14-15H2,1-4H3. The SMILES string of the molecule is CC(C)CCS(=O)(=O)C(C)(C)C(=O)Cc1cc(C2(COC3CCCCO3)CC2)no1. The van der Waals surface area contributed by atoms with Gasteiger partial charge in [0.15, 0.2) is 21.9 Å². The van der Waals surface area contributed by atoms with Crippen molar-refractivity contribution >= 4 is 15.6 Å². The fraction of sp³-hybridized carbons (Fsp3) is 0.818. The second-order valence-electron chi connectivity index (χ2n) is 9.68. The highest BCUT2D eigenvalue weighted by Crippen LogP contribution is 2.48. The van der Waals surface area contributed by atoms with E-state index in [1.54, 1.807) is 6.07 Å². The Bertz CT molecular complexity index is 832. The van der Waals surface area contributed by atoms with Crippen LogP contribution in [0.25, 0.3) is 0 Å². The number of sulfone groups is 1. The molecule has 8 heteroatoms. The van der Waals surface area contributed by atoms with Crippen molar-refractivity contribution in [1.29, 1.82) is 0 Å². The van der Waals surface area contributed by atoms with Crippen LogP contribution >= 0.6 is 0 Å². The molecule has 1 aliphatic heterocycles. The third-order valence-electron chi connectivity index (χ3n) is 6.39. The Labute approximate surface area is 179 Å². The Morgan fingerprint density at radius 1 is 1.33 bits per heavy atom. The predicted octanol–water partition coefficient (Wildman–Crippen LogP) is 3.60. The number of nitrogens with zero attached hydrogens (tertiary/aromatic N) is 1. The molecule has 1 aliphatic carbocycles. The Kier molecular flexibility index (Phi) is 7.09. The summed E-state index contributed by atoms with van der Waals surface area (Å²) >= 11 is 0. The summed E-state index contributed by atoms with van der Waals surface area (Å²) in [5.41, 5.74) is 0.603. The highest BCUT2D eigenvalue weighted by Gasteiger charge is 2.48. The van der Waals surface area contributed by atoms with Gasteiger partial charge in [-0.1, -0.05) is 19.0 Å². The minimum absolute atomic E-state index is 0.00868. The normalized spacial score (nSPS) is 21.7. The maximum absolute atomic E-state index is 12.8. The van der Waals surface area contributed by atoms with Crippen LogP contribution in [0.4, 0.5) is 0 Å². The molecular weight excluding hydrogens is 406 g/mol. The summed E-state index contributed by atoms with van der Waals surface area (Å²) in [6.07, 6.45) is 5.32. The van der Waals surface area contributed by atoms with E-state index in [1.165, 1.54) is 13.8 Å². The average molecular weight is 442 g/mol. The molecule has 2 heterocycles. The second-order valence-corrected chi connectivity index (χ2v) is 12.3. The highest BCUT2D eigenvalue weighted by molar-refractivity contribution is 7.93. The van der Waals surface area contributed by atoms with E-state index in [1.807, 2.05) is 13.8 Å². The Morgan fingerprint density at radius 3 is 2.67 bits per heavy atom. The van der Waals surface area contributed by atoms with E-state index in [0.717, 1.165) is 44.4 Å². The van der Waals surface area contributed by atoms with Crippen LogP contribution in [0.15, 0.2) is 10.6 Å². The lowest BCUT2D eigenvalue weighted by Crippen LogP contribution is -2.43. The molecule has 1 unspecified atom stereocenters. The zero-order chi connectivity index (χ0) is 22.0. The van der Waals surface area contributed by atoms with E-state index < -0.39 is 14.6 Å². The fourth-order valence-electron chi connectivity index (χ4n) is 3.56. The van der Waals surface area contributed by atoms with Gasteiger partial charge in [0, 0.05) is 18.1 Å². The Hall–Kier alpha value is -1.25. The van der Waals surface area contributed by atoms with Gasteiger partial charge in [-0.25, -0.2) is 8.42 Å². The molecule has 0 bridgehead atoms. The molecule has 2 fully saturated rings. The number of hydrogen-bond acceptors (Lipinski definition) is 7. The molecule has 1 saturated carbocycles. The zero-order valence-corrected chi connectivity index (χ0v) is 19.4. The van der Waals surface area contributed by atoms with Crippen molar-refractivity contribution in [1.82, 2.24) is 5.16 Å². The summed E-state index contributed by atoms with van der Waals surface area (Å²) in [7, 11) is -3.55. The smallest absolute Gasteiger partial charge is 0.162 e. The van der Waals surface area contributed by atoms with Crippen LogP contribution in [-0.4, -0.2) is 49.4 Å². The van der Waals surface area contributed by atoms with Crippen molar-refractivity contribution in [3.63, 3.8) is 0 Å². The minimum Gasteiger partial charge on any atom is -0.361 e. The van der Waals surface area contributed by atoms with Gasteiger partial charge < -0.3 is 14.0 Å². The summed E-state index contributed by atoms with van der Waals surface area (Å²) in [5, 5.41) is 4.17. The van der Waals surface area contributed by atoms with Gasteiger partial charge in [0.1, 0.15) is 10.5 Å². The Morgan fingerprint density at radius 2 is 2.07 bits per heavy atom. The summed E-state index contributed by atoms with van der Waals surface area (Å²) in [6, 6.07) is 1.78.